The Labute approximate surface area is 86.1 Å². The van der Waals surface area contributed by atoms with Crippen molar-refractivity contribution < 1.29 is 27.2 Å². The van der Waals surface area contributed by atoms with Gasteiger partial charge in [0.05, 0.1) is 6.23 Å². The summed E-state index contributed by atoms with van der Waals surface area (Å²) < 4.78 is 26.1. The van der Waals surface area contributed by atoms with Crippen LogP contribution in [0.1, 0.15) is 0 Å². The van der Waals surface area contributed by atoms with E-state index in [1.165, 1.54) is 35.5 Å². The fourth-order valence-corrected chi connectivity index (χ4v) is 8.71. The van der Waals surface area contributed by atoms with Crippen molar-refractivity contribution in [3.63, 3.8) is 0 Å². The lowest BCUT2D eigenvalue weighted by Gasteiger charge is -2.36. The first-order chi connectivity index (χ1) is 6.61. The van der Waals surface area contributed by atoms with Crippen LogP contribution in [0.25, 0.3) is 0 Å². The first kappa shape index (κ1) is 14.2. The van der Waals surface area contributed by atoms with Gasteiger partial charge in [-0.2, -0.15) is 0 Å². The lowest BCUT2D eigenvalue weighted by molar-refractivity contribution is 0.107. The van der Waals surface area contributed by atoms with Gasteiger partial charge >= 0.3 is 16.4 Å². The molecule has 14 heavy (non-hydrogen) atoms. The summed E-state index contributed by atoms with van der Waals surface area (Å²) in [5, 5.41) is 9.31. The number of aliphatic hydroxyl groups is 1. The van der Waals surface area contributed by atoms with E-state index in [0.29, 0.717) is 0 Å². The van der Waals surface area contributed by atoms with E-state index in [4.69, 9.17) is 22.1 Å². The van der Waals surface area contributed by atoms with E-state index < -0.39 is 16.4 Å². The van der Waals surface area contributed by atoms with Crippen LogP contribution < -0.4 is 0 Å². The van der Waals surface area contributed by atoms with Gasteiger partial charge in [-0.3, -0.25) is 0 Å². The van der Waals surface area contributed by atoms with Gasteiger partial charge in [0.1, 0.15) is 0 Å². The van der Waals surface area contributed by atoms with Crippen LogP contribution in [-0.4, -0.2) is 63.3 Å². The molecule has 0 bridgehead atoms. The van der Waals surface area contributed by atoms with Crippen LogP contribution in [0.4, 0.5) is 0 Å². The Hall–Kier alpha value is 0.194. The summed E-state index contributed by atoms with van der Waals surface area (Å²) in [7, 11) is 1.24. The summed E-state index contributed by atoms with van der Waals surface area (Å²) in [6.07, 6.45) is -0.276. The molecule has 0 aliphatic carbocycles. The molecule has 0 aromatic carbocycles. The Morgan fingerprint density at radius 1 is 0.786 bits per heavy atom. The molecular weight excluding hydrogens is 224 g/mol. The molecule has 86 valence electrons. The van der Waals surface area contributed by atoms with Crippen LogP contribution in [0.2, 0.25) is 0 Å². The van der Waals surface area contributed by atoms with Gasteiger partial charge in [0.25, 0.3) is 0 Å². The van der Waals surface area contributed by atoms with Crippen molar-refractivity contribution >= 4 is 16.4 Å². The van der Waals surface area contributed by atoms with Gasteiger partial charge in [-0.25, -0.2) is 0 Å². The summed E-state index contributed by atoms with van der Waals surface area (Å²) in [4.78, 5) is 0. The lowest BCUT2D eigenvalue weighted by Crippen LogP contribution is -2.72. The van der Waals surface area contributed by atoms with E-state index in [9.17, 15) is 5.11 Å². The zero-order chi connectivity index (χ0) is 11.2. The minimum absolute atomic E-state index is 0.276. The zero-order valence-corrected chi connectivity index (χ0v) is 11.2. The number of aliphatic hydroxyl groups excluding tert-OH is 1. The Morgan fingerprint density at radius 2 is 1.14 bits per heavy atom. The lowest BCUT2D eigenvalue weighted by atomic mass is 11.7. The van der Waals surface area contributed by atoms with Crippen LogP contribution >= 0.6 is 0 Å². The monoisotopic (exact) mass is 242 g/mol. The highest BCUT2D eigenvalue weighted by Crippen LogP contribution is 2.22. The van der Waals surface area contributed by atoms with Crippen LogP contribution in [0.5, 0.6) is 0 Å². The second-order valence-corrected chi connectivity index (χ2v) is 11.6. The molecule has 0 heterocycles. The van der Waals surface area contributed by atoms with Crippen molar-refractivity contribution in [2.45, 2.75) is 0 Å². The quantitative estimate of drug-likeness (QED) is 0.590. The highest BCUT2D eigenvalue weighted by atomic mass is 29.3. The predicted molar refractivity (Wildman–Crippen MR) is 53.6 cm³/mol. The smallest absolute Gasteiger partial charge is 0.394 e. The Bertz CT molecular complexity index is 124. The highest BCUT2D eigenvalue weighted by Gasteiger charge is 2.66. The molecule has 0 unspecified atom stereocenters. The summed E-state index contributed by atoms with van der Waals surface area (Å²) in [6, 6.07) is 0. The molecule has 0 aromatic heterocycles. The van der Waals surface area contributed by atoms with Crippen molar-refractivity contribution in [3.8, 4) is 0 Å². The largest absolute Gasteiger partial charge is 0.541 e. The first-order valence-electron chi connectivity index (χ1n) is 3.98. The van der Waals surface area contributed by atoms with Gasteiger partial charge in [-0.15, -0.1) is 0 Å². The third kappa shape index (κ3) is 2.07. The standard InChI is InChI=1S/C6H18O6Si2/c1-8-13(6-7,9-2)14(10-3,11-4)12-5/h7H,6H2,1-5H3. The minimum atomic E-state index is -3.05. The van der Waals surface area contributed by atoms with Gasteiger partial charge in [0.15, 0.2) is 0 Å². The molecule has 0 fully saturated rings. The maximum atomic E-state index is 9.31. The summed E-state index contributed by atoms with van der Waals surface area (Å²) in [5.74, 6) is 0. The average Bonchev–Trinajstić information content (AvgIpc) is 2.27. The number of hydrogen-bond donors (Lipinski definition) is 1. The topological polar surface area (TPSA) is 66.4 Å². The minimum Gasteiger partial charge on any atom is -0.394 e. The van der Waals surface area contributed by atoms with E-state index >= 15 is 0 Å². The molecule has 0 radical (unpaired) electrons. The predicted octanol–water partition coefficient (Wildman–Crippen LogP) is -0.791. The maximum absolute atomic E-state index is 9.31. The molecule has 0 saturated heterocycles. The van der Waals surface area contributed by atoms with Gasteiger partial charge in [0.2, 0.25) is 0 Å². The van der Waals surface area contributed by atoms with Crippen LogP contribution in [0, 0.1) is 0 Å². The summed E-state index contributed by atoms with van der Waals surface area (Å²) in [5.41, 5.74) is 0. The second-order valence-electron chi connectivity index (χ2n) is 2.49. The van der Waals surface area contributed by atoms with Crippen LogP contribution in [-0.2, 0) is 22.1 Å². The second kappa shape index (κ2) is 5.93. The van der Waals surface area contributed by atoms with Gasteiger partial charge < -0.3 is 27.2 Å². The van der Waals surface area contributed by atoms with Gasteiger partial charge in [-0.05, 0) is 0 Å². The fourth-order valence-electron chi connectivity index (χ4n) is 1.28. The van der Waals surface area contributed by atoms with Crippen molar-refractivity contribution in [2.24, 2.45) is 0 Å². The normalized spacial score (nSPS) is 13.3. The third-order valence-electron chi connectivity index (χ3n) is 2.14. The van der Waals surface area contributed by atoms with Crippen LogP contribution in [0.3, 0.4) is 0 Å². The van der Waals surface area contributed by atoms with Crippen molar-refractivity contribution in [1.82, 2.24) is 0 Å². The van der Waals surface area contributed by atoms with Crippen LogP contribution in [0.15, 0.2) is 0 Å². The first-order valence-corrected chi connectivity index (χ1v) is 8.73. The molecule has 1 N–H and O–H groups in total. The van der Waals surface area contributed by atoms with E-state index in [1.807, 2.05) is 0 Å². The number of hydrogen-bond acceptors (Lipinski definition) is 6. The van der Waals surface area contributed by atoms with Crippen molar-refractivity contribution in [3.05, 3.63) is 0 Å². The summed E-state index contributed by atoms with van der Waals surface area (Å²) in [6.45, 7) is 0. The SMILES string of the molecule is CO[Si](CO)(OC)[Si](OC)(OC)OC. The zero-order valence-electron chi connectivity index (χ0n) is 9.20. The molecule has 0 aliphatic rings. The van der Waals surface area contributed by atoms with E-state index in [0.717, 1.165) is 0 Å². The third-order valence-corrected chi connectivity index (χ3v) is 12.8. The Morgan fingerprint density at radius 3 is 1.21 bits per heavy atom. The van der Waals surface area contributed by atoms with E-state index in [2.05, 4.69) is 0 Å². The van der Waals surface area contributed by atoms with E-state index in [1.54, 1.807) is 0 Å². The average molecular weight is 242 g/mol. The van der Waals surface area contributed by atoms with E-state index in [-0.39, 0.29) is 6.23 Å². The molecule has 0 aromatic rings. The molecule has 0 rings (SSSR count). The van der Waals surface area contributed by atoms with Gasteiger partial charge in [-0.1, -0.05) is 0 Å². The summed E-state index contributed by atoms with van der Waals surface area (Å²) >= 11 is 0. The Balaban J connectivity index is 5.08. The molecule has 0 spiro atoms. The molecule has 6 nitrogen and oxygen atoms in total. The Kier molecular flexibility index (Phi) is 6.01. The molecular formula is C6H18O6Si2. The molecule has 8 heteroatoms. The maximum Gasteiger partial charge on any atom is 0.541 e. The van der Waals surface area contributed by atoms with Crippen molar-refractivity contribution in [2.75, 3.05) is 41.8 Å². The highest BCUT2D eigenvalue weighted by molar-refractivity contribution is 7.29. The fraction of sp³-hybridized carbons (Fsp3) is 1.00. The molecule has 0 atom stereocenters. The molecule has 0 aliphatic heterocycles. The molecule has 0 saturated carbocycles. The van der Waals surface area contributed by atoms with Crippen molar-refractivity contribution in [1.29, 1.82) is 0 Å². The van der Waals surface area contributed by atoms with Gasteiger partial charge in [0, 0.05) is 35.5 Å². The molecule has 0 amide bonds. The number of rotatable bonds is 7.